The number of nitriles is 1. The van der Waals surface area contributed by atoms with Crippen LogP contribution in [-0.2, 0) is 16.9 Å². The molecule has 0 bridgehead atoms. The highest BCUT2D eigenvalue weighted by molar-refractivity contribution is 7.84. The van der Waals surface area contributed by atoms with Crippen LogP contribution >= 0.6 is 0 Å². The molecule has 0 spiro atoms. The Hall–Kier alpha value is -1.46. The summed E-state index contributed by atoms with van der Waals surface area (Å²) in [6, 6.07) is 2.14. The van der Waals surface area contributed by atoms with Gasteiger partial charge in [-0.1, -0.05) is 6.07 Å². The number of rotatable bonds is 2. The van der Waals surface area contributed by atoms with Crippen molar-refractivity contribution in [2.45, 2.75) is 18.3 Å². The molecule has 0 aliphatic rings. The molecule has 0 fully saturated rings. The Bertz CT molecular complexity index is 505. The van der Waals surface area contributed by atoms with Crippen LogP contribution in [0.3, 0.4) is 0 Å². The van der Waals surface area contributed by atoms with Crippen molar-refractivity contribution < 1.29 is 17.3 Å². The molecule has 98 valence electrons. The van der Waals surface area contributed by atoms with E-state index < -0.39 is 22.6 Å². The molecule has 1 heterocycles. The summed E-state index contributed by atoms with van der Waals surface area (Å²) in [6.45, 7) is 1.66. The lowest BCUT2D eigenvalue weighted by molar-refractivity contribution is -0.329. The van der Waals surface area contributed by atoms with Gasteiger partial charge in [0.25, 0.3) is 0 Å². The Labute approximate surface area is 104 Å². The minimum absolute atomic E-state index is 0.238. The van der Waals surface area contributed by atoms with Gasteiger partial charge in [0.1, 0.15) is 5.69 Å². The van der Waals surface area contributed by atoms with Crippen LogP contribution in [0.1, 0.15) is 23.4 Å². The number of halogens is 3. The van der Waals surface area contributed by atoms with Crippen LogP contribution in [-0.4, -0.2) is 15.3 Å². The fourth-order valence-corrected chi connectivity index (χ4v) is 2.17. The summed E-state index contributed by atoms with van der Waals surface area (Å²) in [6.07, 6.45) is -0.399. The van der Waals surface area contributed by atoms with E-state index in [0.717, 1.165) is 12.3 Å². The maximum Gasteiger partial charge on any atom is 0.461 e. The second-order valence-corrected chi connectivity index (χ2v) is 5.58. The first kappa shape index (κ1) is 14.6. The summed E-state index contributed by atoms with van der Waals surface area (Å²) >= 11 is 0. The van der Waals surface area contributed by atoms with E-state index >= 15 is 0 Å². The number of hydrogen-bond acceptors (Lipinski definition) is 3. The Morgan fingerprint density at radius 1 is 1.50 bits per heavy atom. The average molecular weight is 277 g/mol. The van der Waals surface area contributed by atoms with E-state index in [0.29, 0.717) is 5.56 Å². The lowest BCUT2D eigenvalue weighted by Crippen LogP contribution is -2.12. The molecule has 0 aliphatic heterocycles. The van der Waals surface area contributed by atoms with Gasteiger partial charge in [-0.3, -0.25) is 4.98 Å². The lowest BCUT2D eigenvalue weighted by Gasteiger charge is -2.14. The van der Waals surface area contributed by atoms with Gasteiger partial charge in [0.05, 0.1) is 5.25 Å². The SMILES string of the molecule is CC(c1ccc(C(F)(F)F)nc1)S(C)=[N+]([O-])C#N. The quantitative estimate of drug-likeness (QED) is 0.361. The van der Waals surface area contributed by atoms with Gasteiger partial charge in [0.2, 0.25) is 0 Å². The molecule has 2 unspecified atom stereocenters. The number of hydrogen-bond donors (Lipinski definition) is 0. The molecule has 0 saturated carbocycles. The topological polar surface area (TPSA) is 62.8 Å². The fraction of sp³-hybridized carbons (Fsp3) is 0.400. The van der Waals surface area contributed by atoms with Crippen LogP contribution < -0.4 is 0 Å². The normalized spacial score (nSPS) is 15.7. The van der Waals surface area contributed by atoms with E-state index in [4.69, 9.17) is 5.26 Å². The van der Waals surface area contributed by atoms with Crippen molar-refractivity contribution in [2.24, 2.45) is 0 Å². The van der Waals surface area contributed by atoms with Crippen molar-refractivity contribution in [3.8, 4) is 6.19 Å². The largest absolute Gasteiger partial charge is 0.634 e. The fourth-order valence-electron chi connectivity index (χ4n) is 1.22. The Kier molecular flexibility index (Phi) is 4.43. The van der Waals surface area contributed by atoms with E-state index in [1.807, 2.05) is 0 Å². The van der Waals surface area contributed by atoms with Gasteiger partial charge in [-0.15, -0.1) is 0 Å². The lowest BCUT2D eigenvalue weighted by atomic mass is 10.2. The highest BCUT2D eigenvalue weighted by Gasteiger charge is 2.32. The summed E-state index contributed by atoms with van der Waals surface area (Å²) in [7, 11) is -0.943. The van der Waals surface area contributed by atoms with Crippen molar-refractivity contribution >= 4 is 10.7 Å². The number of aromatic nitrogens is 1. The first-order valence-corrected chi connectivity index (χ1v) is 6.47. The molecule has 0 amide bonds. The van der Waals surface area contributed by atoms with Crippen molar-refractivity contribution in [2.75, 3.05) is 6.26 Å². The monoisotopic (exact) mass is 277 g/mol. The molecule has 0 aromatic carbocycles. The first-order chi connectivity index (χ1) is 8.27. The predicted octanol–water partition coefficient (Wildman–Crippen LogP) is 2.58. The molecule has 0 saturated heterocycles. The average Bonchev–Trinajstić information content (AvgIpc) is 2.35. The zero-order valence-corrected chi connectivity index (χ0v) is 10.4. The minimum atomic E-state index is -4.48. The summed E-state index contributed by atoms with van der Waals surface area (Å²) in [4.78, 5) is 3.31. The van der Waals surface area contributed by atoms with Gasteiger partial charge in [0, 0.05) is 12.5 Å². The molecular weight excluding hydrogens is 267 g/mol. The molecule has 1 aromatic heterocycles. The Morgan fingerprint density at radius 2 is 2.11 bits per heavy atom. The van der Waals surface area contributed by atoms with Gasteiger partial charge < -0.3 is 5.21 Å². The molecule has 0 N–H and O–H groups in total. The van der Waals surface area contributed by atoms with Crippen LogP contribution in [0.5, 0.6) is 0 Å². The third kappa shape index (κ3) is 3.27. The van der Waals surface area contributed by atoms with Crippen molar-refractivity contribution in [3.63, 3.8) is 0 Å². The molecule has 8 heteroatoms. The van der Waals surface area contributed by atoms with Crippen molar-refractivity contribution in [1.29, 1.82) is 5.26 Å². The third-order valence-electron chi connectivity index (χ3n) is 2.40. The van der Waals surface area contributed by atoms with Gasteiger partial charge in [-0.2, -0.15) is 17.3 Å². The zero-order chi connectivity index (χ0) is 13.9. The van der Waals surface area contributed by atoms with Crippen LogP contribution in [0.15, 0.2) is 18.3 Å². The van der Waals surface area contributed by atoms with E-state index in [9.17, 15) is 18.4 Å². The van der Waals surface area contributed by atoms with Crippen molar-refractivity contribution in [3.05, 3.63) is 34.8 Å². The summed E-state index contributed by atoms with van der Waals surface area (Å²) in [5.74, 6) is 0. The van der Waals surface area contributed by atoms with E-state index in [1.165, 1.54) is 12.3 Å². The van der Waals surface area contributed by atoms with E-state index in [1.54, 1.807) is 13.2 Å². The molecule has 0 radical (unpaired) electrons. The smallest absolute Gasteiger partial charge is 0.461 e. The molecule has 2 atom stereocenters. The standard InChI is InChI=1S/C10H10F3N3OS/c1-7(18(2)16(17)6-14)8-3-4-9(15-5-8)10(11,12)13/h3-5,7H,1-2H3. The molecule has 1 aromatic rings. The zero-order valence-electron chi connectivity index (χ0n) is 9.60. The maximum absolute atomic E-state index is 12.3. The second-order valence-electron chi connectivity index (χ2n) is 3.50. The Balaban J connectivity index is 3.04. The Morgan fingerprint density at radius 3 is 2.50 bits per heavy atom. The maximum atomic E-state index is 12.3. The summed E-state index contributed by atoms with van der Waals surface area (Å²) < 4.78 is 37.1. The minimum Gasteiger partial charge on any atom is -0.634 e. The molecular formula is C10H10F3N3OS. The van der Waals surface area contributed by atoms with Gasteiger partial charge in [-0.25, -0.2) is 0 Å². The highest BCUT2D eigenvalue weighted by Crippen LogP contribution is 2.28. The van der Waals surface area contributed by atoms with Crippen molar-refractivity contribution in [1.82, 2.24) is 4.98 Å². The van der Waals surface area contributed by atoms with Crippen LogP contribution in [0.2, 0.25) is 0 Å². The van der Waals surface area contributed by atoms with E-state index in [-0.39, 0.29) is 9.36 Å². The predicted molar refractivity (Wildman–Crippen MR) is 60.2 cm³/mol. The number of pyridine rings is 1. The molecule has 18 heavy (non-hydrogen) atoms. The third-order valence-corrected chi connectivity index (χ3v) is 4.30. The van der Waals surface area contributed by atoms with Gasteiger partial charge in [-0.05, 0) is 29.2 Å². The highest BCUT2D eigenvalue weighted by atomic mass is 32.2. The molecule has 4 nitrogen and oxygen atoms in total. The van der Waals surface area contributed by atoms with Gasteiger partial charge in [0.15, 0.2) is 5.26 Å². The number of nitrogens with zero attached hydrogens (tertiary/aromatic N) is 3. The van der Waals surface area contributed by atoms with Crippen LogP contribution in [0.4, 0.5) is 13.2 Å². The molecule has 1 rings (SSSR count). The number of hydroxylamine groups is 1. The van der Waals surface area contributed by atoms with Crippen LogP contribution in [0, 0.1) is 16.7 Å². The van der Waals surface area contributed by atoms with E-state index in [2.05, 4.69) is 4.98 Å². The first-order valence-electron chi connectivity index (χ1n) is 4.82. The summed E-state index contributed by atoms with van der Waals surface area (Å²) in [5, 5.41) is 19.2. The van der Waals surface area contributed by atoms with Crippen LogP contribution in [0.25, 0.3) is 0 Å². The molecule has 0 aliphatic carbocycles. The number of alkyl halides is 3. The second kappa shape index (κ2) is 5.46. The summed E-state index contributed by atoms with van der Waals surface area (Å²) in [5.41, 5.74) is -0.487. The van der Waals surface area contributed by atoms with Gasteiger partial charge >= 0.3 is 12.4 Å².